The van der Waals surface area contributed by atoms with Crippen molar-refractivity contribution in [3.8, 4) is 0 Å². The van der Waals surface area contributed by atoms with Gasteiger partial charge in [0, 0.05) is 18.7 Å². The first-order valence-electron chi connectivity index (χ1n) is 6.44. The molecule has 0 radical (unpaired) electrons. The minimum absolute atomic E-state index is 0.227. The highest BCUT2D eigenvalue weighted by Gasteiger charge is 2.41. The number of carbonyl (C=O) groups excluding carboxylic acids is 1. The molecule has 1 saturated heterocycles. The van der Waals surface area contributed by atoms with E-state index in [1.54, 1.807) is 6.07 Å². The number of amides is 1. The van der Waals surface area contributed by atoms with Crippen LogP contribution in [0.1, 0.15) is 18.4 Å². The van der Waals surface area contributed by atoms with Gasteiger partial charge < -0.3 is 9.84 Å². The fourth-order valence-electron chi connectivity index (χ4n) is 2.78. The van der Waals surface area contributed by atoms with E-state index in [2.05, 4.69) is 0 Å². The maximum absolute atomic E-state index is 12.5. The van der Waals surface area contributed by atoms with Gasteiger partial charge in [0.25, 0.3) is 5.91 Å². The summed E-state index contributed by atoms with van der Waals surface area (Å²) in [7, 11) is 0. The first-order chi connectivity index (χ1) is 9.18. The van der Waals surface area contributed by atoms with E-state index in [0.29, 0.717) is 25.1 Å². The van der Waals surface area contributed by atoms with Crippen molar-refractivity contribution < 1.29 is 19.4 Å². The second kappa shape index (κ2) is 4.66. The second-order valence-corrected chi connectivity index (χ2v) is 4.90. The summed E-state index contributed by atoms with van der Waals surface area (Å²) in [5.41, 5.74) is 1.61. The fourth-order valence-corrected chi connectivity index (χ4v) is 2.78. The van der Waals surface area contributed by atoms with Crippen LogP contribution in [0.2, 0.25) is 0 Å². The van der Waals surface area contributed by atoms with Gasteiger partial charge in [-0.25, -0.2) is 4.79 Å². The van der Waals surface area contributed by atoms with E-state index in [9.17, 15) is 14.7 Å². The van der Waals surface area contributed by atoms with Gasteiger partial charge in [0.15, 0.2) is 0 Å². The summed E-state index contributed by atoms with van der Waals surface area (Å²) in [5.74, 6) is -1.20. The lowest BCUT2D eigenvalue weighted by atomic mass is 10.1. The molecule has 2 aliphatic rings. The lowest BCUT2D eigenvalue weighted by molar-refractivity contribution is -0.141. The number of hydrogen-bond donors (Lipinski definition) is 1. The van der Waals surface area contributed by atoms with E-state index >= 15 is 0 Å². The highest BCUT2D eigenvalue weighted by atomic mass is 16.5. The van der Waals surface area contributed by atoms with Crippen LogP contribution in [0.3, 0.4) is 0 Å². The van der Waals surface area contributed by atoms with Crippen LogP contribution in [0.25, 0.3) is 0 Å². The summed E-state index contributed by atoms with van der Waals surface area (Å²) < 4.78 is 5.39. The number of hydrogen-bond acceptors (Lipinski definition) is 3. The predicted molar refractivity (Wildman–Crippen MR) is 68.0 cm³/mol. The Morgan fingerprint density at radius 1 is 1.32 bits per heavy atom. The first-order valence-corrected chi connectivity index (χ1v) is 6.44. The topological polar surface area (TPSA) is 66.8 Å². The molecule has 1 fully saturated rings. The largest absolute Gasteiger partial charge is 0.480 e. The van der Waals surface area contributed by atoms with E-state index in [-0.39, 0.29) is 5.91 Å². The molecule has 100 valence electrons. The molecule has 0 unspecified atom stereocenters. The molecule has 1 N–H and O–H groups in total. The zero-order valence-electron chi connectivity index (χ0n) is 10.4. The van der Waals surface area contributed by atoms with Crippen LogP contribution in [-0.4, -0.2) is 35.7 Å². The molecule has 3 rings (SSSR count). The minimum atomic E-state index is -0.970. The highest BCUT2D eigenvalue weighted by Crippen LogP contribution is 2.33. The van der Waals surface area contributed by atoms with Crippen molar-refractivity contribution in [3.63, 3.8) is 0 Å². The third-order valence-electron chi connectivity index (χ3n) is 3.70. The van der Waals surface area contributed by atoms with E-state index in [1.807, 2.05) is 18.2 Å². The summed E-state index contributed by atoms with van der Waals surface area (Å²) in [4.78, 5) is 25.2. The van der Waals surface area contributed by atoms with Gasteiger partial charge in [-0.3, -0.25) is 9.69 Å². The Morgan fingerprint density at radius 2 is 2.11 bits per heavy atom. The zero-order chi connectivity index (χ0) is 13.4. The predicted octanol–water partition coefficient (Wildman–Crippen LogP) is 1.21. The molecule has 2 heterocycles. The van der Waals surface area contributed by atoms with Gasteiger partial charge in [-0.05, 0) is 24.5 Å². The summed E-state index contributed by atoms with van der Waals surface area (Å²) in [5, 5.41) is 9.31. The number of ether oxygens (including phenoxy) is 1. The Morgan fingerprint density at radius 3 is 2.79 bits per heavy atom. The minimum Gasteiger partial charge on any atom is -0.480 e. The van der Waals surface area contributed by atoms with Crippen molar-refractivity contribution in [2.45, 2.75) is 31.4 Å². The van der Waals surface area contributed by atoms with Gasteiger partial charge in [-0.1, -0.05) is 18.2 Å². The van der Waals surface area contributed by atoms with Gasteiger partial charge in [0.05, 0.1) is 0 Å². The van der Waals surface area contributed by atoms with E-state index in [1.165, 1.54) is 4.90 Å². The molecule has 2 atom stereocenters. The number of carboxylic acids is 1. The monoisotopic (exact) mass is 261 g/mol. The third-order valence-corrected chi connectivity index (χ3v) is 3.70. The smallest absolute Gasteiger partial charge is 0.327 e. The van der Waals surface area contributed by atoms with Gasteiger partial charge in [-0.2, -0.15) is 0 Å². The van der Waals surface area contributed by atoms with Crippen molar-refractivity contribution in [3.05, 3.63) is 29.8 Å². The van der Waals surface area contributed by atoms with Gasteiger partial charge in [0.1, 0.15) is 12.1 Å². The molecular weight excluding hydrogens is 246 g/mol. The average Bonchev–Trinajstić information content (AvgIpc) is 3.05. The molecule has 2 aliphatic heterocycles. The molecule has 0 aromatic heterocycles. The van der Waals surface area contributed by atoms with Crippen LogP contribution in [0.4, 0.5) is 5.69 Å². The Hall–Kier alpha value is -1.88. The van der Waals surface area contributed by atoms with Crippen LogP contribution in [0.15, 0.2) is 24.3 Å². The van der Waals surface area contributed by atoms with Crippen molar-refractivity contribution in [2.24, 2.45) is 0 Å². The maximum atomic E-state index is 12.5. The SMILES string of the molecule is O=C(O)[C@@H]1Cc2ccccc2N1C(=O)[C@H]1CCCO1. The molecule has 1 amide bonds. The van der Waals surface area contributed by atoms with Crippen LogP contribution in [0, 0.1) is 0 Å². The number of aliphatic carboxylic acids is 1. The highest BCUT2D eigenvalue weighted by molar-refractivity contribution is 6.04. The molecule has 1 aromatic carbocycles. The number of nitrogens with zero attached hydrogens (tertiary/aromatic N) is 1. The number of carboxylic acid groups (broad SMARTS) is 1. The maximum Gasteiger partial charge on any atom is 0.327 e. The van der Waals surface area contributed by atoms with Crippen molar-refractivity contribution in [1.29, 1.82) is 0 Å². The second-order valence-electron chi connectivity index (χ2n) is 4.90. The number of anilines is 1. The molecule has 19 heavy (non-hydrogen) atoms. The number of para-hydroxylation sites is 1. The van der Waals surface area contributed by atoms with Crippen LogP contribution in [-0.2, 0) is 20.7 Å². The van der Waals surface area contributed by atoms with Crippen LogP contribution >= 0.6 is 0 Å². The van der Waals surface area contributed by atoms with Crippen molar-refractivity contribution in [2.75, 3.05) is 11.5 Å². The standard InChI is InChI=1S/C14H15NO4/c16-13(12-6-3-7-19-12)15-10-5-2-1-4-9(10)8-11(15)14(17)18/h1-2,4-5,11-12H,3,6-8H2,(H,17,18)/t11-,12+/m0/s1. The summed E-state index contributed by atoms with van der Waals surface area (Å²) >= 11 is 0. The molecule has 5 heteroatoms. The molecular formula is C14H15NO4. The number of rotatable bonds is 2. The molecule has 5 nitrogen and oxygen atoms in total. The van der Waals surface area contributed by atoms with Crippen molar-refractivity contribution in [1.82, 2.24) is 0 Å². The lowest BCUT2D eigenvalue weighted by Crippen LogP contribution is -2.47. The van der Waals surface area contributed by atoms with Gasteiger partial charge >= 0.3 is 5.97 Å². The Labute approximate surface area is 110 Å². The van der Waals surface area contributed by atoms with Gasteiger partial charge in [0.2, 0.25) is 0 Å². The fraction of sp³-hybridized carbons (Fsp3) is 0.429. The quantitative estimate of drug-likeness (QED) is 0.869. The van der Waals surface area contributed by atoms with E-state index in [0.717, 1.165) is 12.0 Å². The first kappa shape index (κ1) is 12.2. The van der Waals surface area contributed by atoms with Crippen LogP contribution in [0.5, 0.6) is 0 Å². The molecule has 0 aliphatic carbocycles. The Bertz CT molecular complexity index is 522. The third kappa shape index (κ3) is 2.00. The molecule has 0 bridgehead atoms. The normalized spacial score (nSPS) is 25.4. The average molecular weight is 261 g/mol. The number of carbonyl (C=O) groups is 2. The van der Waals surface area contributed by atoms with Crippen molar-refractivity contribution >= 4 is 17.6 Å². The molecule has 0 saturated carbocycles. The number of fused-ring (bicyclic) bond motifs is 1. The summed E-state index contributed by atoms with van der Waals surface area (Å²) in [6.07, 6.45) is 1.39. The zero-order valence-corrected chi connectivity index (χ0v) is 10.4. The summed E-state index contributed by atoms with van der Waals surface area (Å²) in [6, 6.07) is 6.53. The summed E-state index contributed by atoms with van der Waals surface area (Å²) in [6.45, 7) is 0.573. The van der Waals surface area contributed by atoms with E-state index in [4.69, 9.17) is 4.74 Å². The van der Waals surface area contributed by atoms with Crippen LogP contribution < -0.4 is 4.90 Å². The lowest BCUT2D eigenvalue weighted by Gasteiger charge is -2.25. The van der Waals surface area contributed by atoms with Gasteiger partial charge in [-0.15, -0.1) is 0 Å². The van der Waals surface area contributed by atoms with E-state index < -0.39 is 18.1 Å². The molecule has 0 spiro atoms. The number of benzene rings is 1. The Balaban J connectivity index is 1.95. The molecule has 1 aromatic rings. The Kier molecular flexibility index (Phi) is 2.98.